The molecule has 0 saturated heterocycles. The summed E-state index contributed by atoms with van der Waals surface area (Å²) < 4.78 is 43.5. The van der Waals surface area contributed by atoms with Gasteiger partial charge in [0.1, 0.15) is 5.75 Å². The van der Waals surface area contributed by atoms with Gasteiger partial charge in [-0.1, -0.05) is 19.4 Å². The minimum atomic E-state index is -4.55. The fraction of sp³-hybridized carbons (Fsp3) is 0.250. The van der Waals surface area contributed by atoms with E-state index in [0.29, 0.717) is 17.9 Å². The quantitative estimate of drug-likeness (QED) is 0.315. The topological polar surface area (TPSA) is 79.8 Å². The summed E-state index contributed by atoms with van der Waals surface area (Å²) in [6, 6.07) is 10.9. The van der Waals surface area contributed by atoms with E-state index in [1.807, 2.05) is 5.43 Å². The Kier molecular flexibility index (Phi) is 7.76. The summed E-state index contributed by atoms with van der Waals surface area (Å²) in [4.78, 5) is 23.5. The zero-order chi connectivity index (χ0) is 21.3. The number of rotatable bonds is 7. The number of benzene rings is 2. The molecule has 0 spiro atoms. The lowest BCUT2D eigenvalue weighted by Crippen LogP contribution is -2.32. The van der Waals surface area contributed by atoms with Crippen LogP contribution in [0.2, 0.25) is 0 Å². The molecule has 0 unspecified atom stereocenters. The van der Waals surface area contributed by atoms with E-state index in [0.717, 1.165) is 31.0 Å². The van der Waals surface area contributed by atoms with Gasteiger partial charge in [0.15, 0.2) is 0 Å². The maximum atomic E-state index is 12.7. The summed E-state index contributed by atoms with van der Waals surface area (Å²) in [7, 11) is 0. The van der Waals surface area contributed by atoms with E-state index in [2.05, 4.69) is 17.3 Å². The van der Waals surface area contributed by atoms with Gasteiger partial charge in [0.05, 0.1) is 18.4 Å². The molecule has 0 heterocycles. The Hall–Kier alpha value is -3.36. The van der Waals surface area contributed by atoms with Gasteiger partial charge >= 0.3 is 18.0 Å². The number of hydrazone groups is 1. The lowest BCUT2D eigenvalue weighted by atomic mass is 10.2. The molecule has 0 atom stereocenters. The summed E-state index contributed by atoms with van der Waals surface area (Å²) in [5.41, 5.74) is 1.59. The highest BCUT2D eigenvalue weighted by atomic mass is 19.4. The number of anilines is 1. The molecule has 0 aliphatic heterocycles. The monoisotopic (exact) mass is 407 g/mol. The second kappa shape index (κ2) is 10.3. The second-order valence-electron chi connectivity index (χ2n) is 6.00. The van der Waals surface area contributed by atoms with Crippen LogP contribution in [0.25, 0.3) is 0 Å². The lowest BCUT2D eigenvalue weighted by molar-refractivity contribution is -0.137. The number of nitrogens with one attached hydrogen (secondary N) is 2. The van der Waals surface area contributed by atoms with Crippen LogP contribution in [0.3, 0.4) is 0 Å². The molecule has 2 aromatic rings. The Bertz CT molecular complexity index is 865. The molecule has 9 heteroatoms. The van der Waals surface area contributed by atoms with Crippen LogP contribution in [0.15, 0.2) is 53.6 Å². The van der Waals surface area contributed by atoms with E-state index in [9.17, 15) is 22.8 Å². The Labute approximate surface area is 165 Å². The molecule has 0 bridgehead atoms. The van der Waals surface area contributed by atoms with Crippen LogP contribution in [0, 0.1) is 0 Å². The van der Waals surface area contributed by atoms with Crippen LogP contribution in [-0.4, -0.2) is 24.6 Å². The smallest absolute Gasteiger partial charge is 0.416 e. The molecule has 29 heavy (non-hydrogen) atoms. The Morgan fingerprint density at radius 3 is 2.48 bits per heavy atom. The van der Waals surface area contributed by atoms with Crippen molar-refractivity contribution in [1.29, 1.82) is 0 Å². The molecule has 2 amide bonds. The molecule has 0 fully saturated rings. The van der Waals surface area contributed by atoms with Crippen LogP contribution in [0.4, 0.5) is 18.9 Å². The molecular formula is C20H20F3N3O3. The second-order valence-corrected chi connectivity index (χ2v) is 6.00. The van der Waals surface area contributed by atoms with E-state index in [-0.39, 0.29) is 5.69 Å². The van der Waals surface area contributed by atoms with Gasteiger partial charge in [-0.2, -0.15) is 18.3 Å². The zero-order valence-corrected chi connectivity index (χ0v) is 15.6. The van der Waals surface area contributed by atoms with E-state index >= 15 is 0 Å². The van der Waals surface area contributed by atoms with Gasteiger partial charge in [0.25, 0.3) is 0 Å². The lowest BCUT2D eigenvalue weighted by Gasteiger charge is -2.09. The number of hydrogen-bond acceptors (Lipinski definition) is 4. The van der Waals surface area contributed by atoms with Gasteiger partial charge in [-0.25, -0.2) is 5.43 Å². The van der Waals surface area contributed by atoms with Crippen molar-refractivity contribution in [2.24, 2.45) is 5.10 Å². The summed E-state index contributed by atoms with van der Waals surface area (Å²) in [5.74, 6) is -1.54. The number of carbonyl (C=O) groups is 2. The van der Waals surface area contributed by atoms with Crippen molar-refractivity contribution >= 4 is 23.7 Å². The van der Waals surface area contributed by atoms with Crippen molar-refractivity contribution in [1.82, 2.24) is 5.43 Å². The number of alkyl halides is 3. The first-order valence-electron chi connectivity index (χ1n) is 8.84. The van der Waals surface area contributed by atoms with Crippen molar-refractivity contribution < 1.29 is 27.5 Å². The van der Waals surface area contributed by atoms with Crippen LogP contribution < -0.4 is 15.5 Å². The van der Waals surface area contributed by atoms with Crippen molar-refractivity contribution in [2.45, 2.75) is 25.9 Å². The van der Waals surface area contributed by atoms with Crippen LogP contribution in [0.1, 0.15) is 30.9 Å². The standard InChI is InChI=1S/C20H20F3N3O3/c1-2-3-11-29-17-9-7-14(8-10-17)13-24-26-19(28)18(27)25-16-6-4-5-15(12-16)20(21,22)23/h4-10,12-13H,2-3,11H2,1H3,(H,25,27)(H,26,28)/b24-13-. The highest BCUT2D eigenvalue weighted by molar-refractivity contribution is 6.39. The number of halogens is 3. The molecule has 2 aromatic carbocycles. The first kappa shape index (κ1) is 21.9. The molecule has 2 N–H and O–H groups in total. The molecule has 0 aliphatic carbocycles. The van der Waals surface area contributed by atoms with Crippen molar-refractivity contribution in [3.63, 3.8) is 0 Å². The highest BCUT2D eigenvalue weighted by Crippen LogP contribution is 2.30. The average molecular weight is 407 g/mol. The van der Waals surface area contributed by atoms with Gasteiger partial charge in [-0.3, -0.25) is 9.59 Å². The maximum Gasteiger partial charge on any atom is 0.416 e. The predicted octanol–water partition coefficient (Wildman–Crippen LogP) is 3.97. The SMILES string of the molecule is CCCCOc1ccc(/C=N\NC(=O)C(=O)Nc2cccc(C(F)(F)F)c2)cc1. The van der Waals surface area contributed by atoms with E-state index < -0.39 is 23.6 Å². The maximum absolute atomic E-state index is 12.7. The summed E-state index contributed by atoms with van der Waals surface area (Å²) >= 11 is 0. The molecule has 0 aromatic heterocycles. The van der Waals surface area contributed by atoms with Crippen molar-refractivity contribution in [3.05, 3.63) is 59.7 Å². The van der Waals surface area contributed by atoms with Gasteiger partial charge in [0, 0.05) is 5.69 Å². The van der Waals surface area contributed by atoms with Crippen LogP contribution in [-0.2, 0) is 15.8 Å². The van der Waals surface area contributed by atoms with Crippen molar-refractivity contribution in [3.8, 4) is 5.75 Å². The highest BCUT2D eigenvalue weighted by Gasteiger charge is 2.30. The zero-order valence-electron chi connectivity index (χ0n) is 15.6. The first-order valence-corrected chi connectivity index (χ1v) is 8.84. The van der Waals surface area contributed by atoms with Gasteiger partial charge in [-0.15, -0.1) is 0 Å². The first-order chi connectivity index (χ1) is 13.8. The number of ether oxygens (including phenoxy) is 1. The average Bonchev–Trinajstić information content (AvgIpc) is 2.69. The number of amides is 2. The minimum absolute atomic E-state index is 0.150. The Balaban J connectivity index is 1.86. The molecule has 0 saturated carbocycles. The molecule has 154 valence electrons. The number of hydrogen-bond donors (Lipinski definition) is 2. The molecular weight excluding hydrogens is 387 g/mol. The molecule has 6 nitrogen and oxygen atoms in total. The third kappa shape index (κ3) is 7.28. The number of nitrogens with zero attached hydrogens (tertiary/aromatic N) is 1. The van der Waals surface area contributed by atoms with Gasteiger partial charge in [-0.05, 0) is 54.4 Å². The summed E-state index contributed by atoms with van der Waals surface area (Å²) in [6.07, 6.45) is -1.24. The van der Waals surface area contributed by atoms with Crippen LogP contribution in [0.5, 0.6) is 5.75 Å². The number of unbranched alkanes of at least 4 members (excludes halogenated alkanes) is 1. The van der Waals surface area contributed by atoms with E-state index in [1.165, 1.54) is 12.3 Å². The van der Waals surface area contributed by atoms with E-state index in [4.69, 9.17) is 4.74 Å². The van der Waals surface area contributed by atoms with E-state index in [1.54, 1.807) is 24.3 Å². The molecule has 0 aliphatic rings. The summed E-state index contributed by atoms with van der Waals surface area (Å²) in [6.45, 7) is 2.69. The predicted molar refractivity (Wildman–Crippen MR) is 103 cm³/mol. The van der Waals surface area contributed by atoms with Gasteiger partial charge < -0.3 is 10.1 Å². The summed E-state index contributed by atoms with van der Waals surface area (Å²) in [5, 5.41) is 5.75. The molecule has 0 radical (unpaired) electrons. The third-order valence-corrected chi connectivity index (χ3v) is 3.68. The molecule has 2 rings (SSSR count). The normalized spacial score (nSPS) is 11.3. The van der Waals surface area contributed by atoms with Crippen molar-refractivity contribution in [2.75, 3.05) is 11.9 Å². The third-order valence-electron chi connectivity index (χ3n) is 3.68. The fourth-order valence-electron chi connectivity index (χ4n) is 2.16. The minimum Gasteiger partial charge on any atom is -0.494 e. The largest absolute Gasteiger partial charge is 0.494 e. The fourth-order valence-corrected chi connectivity index (χ4v) is 2.16. The Morgan fingerprint density at radius 2 is 1.83 bits per heavy atom. The number of carbonyl (C=O) groups excluding carboxylic acids is 2. The Morgan fingerprint density at radius 1 is 1.10 bits per heavy atom. The van der Waals surface area contributed by atoms with Gasteiger partial charge in [0.2, 0.25) is 0 Å². The van der Waals surface area contributed by atoms with Crippen LogP contribution >= 0.6 is 0 Å².